The lowest BCUT2D eigenvalue weighted by atomic mass is 10.1. The fraction of sp³-hybridized carbons (Fsp3) is 0.400. The molecule has 0 bridgehead atoms. The minimum absolute atomic E-state index is 0.0237. The molecule has 0 aliphatic heterocycles. The van der Waals surface area contributed by atoms with Crippen molar-refractivity contribution in [3.8, 4) is 0 Å². The van der Waals surface area contributed by atoms with Crippen LogP contribution in [-0.2, 0) is 14.3 Å². The Kier molecular flexibility index (Phi) is 6.39. The molecule has 2 N–H and O–H groups in total. The monoisotopic (exact) mass is 292 g/mol. The molecule has 0 saturated heterocycles. The van der Waals surface area contributed by atoms with E-state index in [9.17, 15) is 14.4 Å². The summed E-state index contributed by atoms with van der Waals surface area (Å²) in [4.78, 5) is 34.5. The molecule has 0 heterocycles. The van der Waals surface area contributed by atoms with E-state index < -0.39 is 5.97 Å². The molecule has 114 valence electrons. The van der Waals surface area contributed by atoms with Crippen LogP contribution in [0, 0.1) is 0 Å². The molecule has 0 aromatic heterocycles. The summed E-state index contributed by atoms with van der Waals surface area (Å²) >= 11 is 0. The van der Waals surface area contributed by atoms with Crippen molar-refractivity contribution < 1.29 is 19.1 Å². The van der Waals surface area contributed by atoms with E-state index >= 15 is 0 Å². The highest BCUT2D eigenvalue weighted by molar-refractivity contribution is 5.97. The molecule has 0 aliphatic rings. The van der Waals surface area contributed by atoms with Crippen LogP contribution in [0.15, 0.2) is 24.3 Å². The van der Waals surface area contributed by atoms with Gasteiger partial charge in [0.15, 0.2) is 0 Å². The molecular formula is C15H20N2O4. The zero-order valence-electron chi connectivity index (χ0n) is 12.4. The summed E-state index contributed by atoms with van der Waals surface area (Å²) in [5, 5.41) is 5.42. The summed E-state index contributed by atoms with van der Waals surface area (Å²) in [6.07, 6.45) is 0.0605. The molecule has 1 rings (SSSR count). The molecule has 2 amide bonds. The Balaban J connectivity index is 2.62. The molecule has 0 radical (unpaired) electrons. The summed E-state index contributed by atoms with van der Waals surface area (Å²) in [5.41, 5.74) is 0.982. The lowest BCUT2D eigenvalue weighted by Crippen LogP contribution is -2.30. The molecule has 0 fully saturated rings. The molecule has 6 nitrogen and oxygen atoms in total. The van der Waals surface area contributed by atoms with Gasteiger partial charge in [0, 0.05) is 23.7 Å². The molecule has 6 heteroatoms. The van der Waals surface area contributed by atoms with Gasteiger partial charge >= 0.3 is 5.97 Å². The number of carbonyl (C=O) groups excluding carboxylic acids is 3. The highest BCUT2D eigenvalue weighted by Gasteiger charge is 2.10. The van der Waals surface area contributed by atoms with E-state index in [4.69, 9.17) is 0 Å². The molecule has 0 atom stereocenters. The Bertz CT molecular complexity index is 526. The van der Waals surface area contributed by atoms with Gasteiger partial charge in [-0.25, -0.2) is 0 Å². The number of methoxy groups -OCH3 is 1. The number of amides is 2. The van der Waals surface area contributed by atoms with Gasteiger partial charge in [-0.05, 0) is 32.0 Å². The van der Waals surface area contributed by atoms with Crippen LogP contribution in [0.5, 0.6) is 0 Å². The van der Waals surface area contributed by atoms with Crippen LogP contribution in [0.2, 0.25) is 0 Å². The predicted octanol–water partition coefficient (Wildman–Crippen LogP) is 1.72. The van der Waals surface area contributed by atoms with Crippen molar-refractivity contribution in [3.05, 3.63) is 29.8 Å². The number of benzene rings is 1. The van der Waals surface area contributed by atoms with E-state index in [1.54, 1.807) is 24.3 Å². The molecule has 1 aromatic carbocycles. The molecule has 21 heavy (non-hydrogen) atoms. The molecule has 0 unspecified atom stereocenters. The van der Waals surface area contributed by atoms with Crippen LogP contribution >= 0.6 is 0 Å². The fourth-order valence-corrected chi connectivity index (χ4v) is 1.62. The van der Waals surface area contributed by atoms with E-state index in [2.05, 4.69) is 15.4 Å². The summed E-state index contributed by atoms with van der Waals surface area (Å²) in [6.45, 7) is 3.74. The Morgan fingerprint density at radius 2 is 1.90 bits per heavy atom. The third kappa shape index (κ3) is 6.07. The number of hydrogen-bond donors (Lipinski definition) is 2. The summed E-state index contributed by atoms with van der Waals surface area (Å²) < 4.78 is 4.47. The van der Waals surface area contributed by atoms with Crippen molar-refractivity contribution in [2.75, 3.05) is 12.4 Å². The average Bonchev–Trinajstić information content (AvgIpc) is 2.44. The number of ether oxygens (including phenoxy) is 1. The predicted molar refractivity (Wildman–Crippen MR) is 78.9 cm³/mol. The standard InChI is InChI=1S/C15H20N2O4/c1-10(2)16-15(20)11-5-4-6-12(9-11)17-13(18)7-8-14(19)21-3/h4-6,9-10H,7-8H2,1-3H3,(H,16,20)(H,17,18). The molecule has 0 saturated carbocycles. The maximum absolute atomic E-state index is 11.9. The highest BCUT2D eigenvalue weighted by atomic mass is 16.5. The smallest absolute Gasteiger partial charge is 0.306 e. The lowest BCUT2D eigenvalue weighted by molar-refractivity contribution is -0.141. The van der Waals surface area contributed by atoms with E-state index in [-0.39, 0.29) is 30.7 Å². The number of nitrogens with one attached hydrogen (secondary N) is 2. The van der Waals surface area contributed by atoms with E-state index in [1.165, 1.54) is 7.11 Å². The number of anilines is 1. The summed E-state index contributed by atoms with van der Waals surface area (Å²) in [6, 6.07) is 6.67. The Morgan fingerprint density at radius 1 is 1.19 bits per heavy atom. The number of rotatable bonds is 6. The van der Waals surface area contributed by atoms with Crippen molar-refractivity contribution in [3.63, 3.8) is 0 Å². The maximum Gasteiger partial charge on any atom is 0.306 e. The molecule has 0 spiro atoms. The van der Waals surface area contributed by atoms with Crippen LogP contribution in [0.3, 0.4) is 0 Å². The first-order valence-electron chi connectivity index (χ1n) is 6.70. The van der Waals surface area contributed by atoms with Gasteiger partial charge in [0.1, 0.15) is 0 Å². The largest absolute Gasteiger partial charge is 0.469 e. The van der Waals surface area contributed by atoms with Crippen molar-refractivity contribution in [1.82, 2.24) is 5.32 Å². The van der Waals surface area contributed by atoms with Crippen molar-refractivity contribution in [2.45, 2.75) is 32.7 Å². The SMILES string of the molecule is COC(=O)CCC(=O)Nc1cccc(C(=O)NC(C)C)c1. The normalized spacial score (nSPS) is 10.1. The first-order valence-corrected chi connectivity index (χ1v) is 6.70. The first kappa shape index (κ1) is 16.7. The van der Waals surface area contributed by atoms with Crippen LogP contribution in [0.1, 0.15) is 37.0 Å². The zero-order chi connectivity index (χ0) is 15.8. The summed E-state index contributed by atoms with van der Waals surface area (Å²) in [5.74, 6) is -0.937. The minimum atomic E-state index is -0.435. The Hall–Kier alpha value is -2.37. The van der Waals surface area contributed by atoms with Crippen LogP contribution in [-0.4, -0.2) is 30.9 Å². The average molecular weight is 292 g/mol. The third-order valence-electron chi connectivity index (χ3n) is 2.61. The van der Waals surface area contributed by atoms with Crippen LogP contribution in [0.4, 0.5) is 5.69 Å². The van der Waals surface area contributed by atoms with Crippen LogP contribution < -0.4 is 10.6 Å². The second-order valence-corrected chi connectivity index (χ2v) is 4.83. The van der Waals surface area contributed by atoms with Gasteiger partial charge in [-0.3, -0.25) is 14.4 Å². The van der Waals surface area contributed by atoms with Crippen molar-refractivity contribution in [2.24, 2.45) is 0 Å². The van der Waals surface area contributed by atoms with Crippen molar-refractivity contribution in [1.29, 1.82) is 0 Å². The van der Waals surface area contributed by atoms with Gasteiger partial charge in [-0.15, -0.1) is 0 Å². The molecule has 0 aliphatic carbocycles. The molecule has 1 aromatic rings. The van der Waals surface area contributed by atoms with E-state index in [1.807, 2.05) is 13.8 Å². The van der Waals surface area contributed by atoms with Gasteiger partial charge in [0.25, 0.3) is 5.91 Å². The fourth-order valence-electron chi connectivity index (χ4n) is 1.62. The van der Waals surface area contributed by atoms with Gasteiger partial charge in [0.2, 0.25) is 5.91 Å². The quantitative estimate of drug-likeness (QED) is 0.782. The van der Waals surface area contributed by atoms with Gasteiger partial charge in [0.05, 0.1) is 13.5 Å². The third-order valence-corrected chi connectivity index (χ3v) is 2.61. The van der Waals surface area contributed by atoms with Crippen LogP contribution in [0.25, 0.3) is 0 Å². The van der Waals surface area contributed by atoms with E-state index in [0.29, 0.717) is 11.3 Å². The summed E-state index contributed by atoms with van der Waals surface area (Å²) in [7, 11) is 1.27. The van der Waals surface area contributed by atoms with E-state index in [0.717, 1.165) is 0 Å². The highest BCUT2D eigenvalue weighted by Crippen LogP contribution is 2.11. The topological polar surface area (TPSA) is 84.5 Å². The Labute approximate surface area is 123 Å². The van der Waals surface area contributed by atoms with Crippen molar-refractivity contribution >= 4 is 23.5 Å². The maximum atomic E-state index is 11.9. The number of hydrogen-bond acceptors (Lipinski definition) is 4. The van der Waals surface area contributed by atoms with Gasteiger partial charge in [-0.2, -0.15) is 0 Å². The van der Waals surface area contributed by atoms with Gasteiger partial charge in [-0.1, -0.05) is 6.07 Å². The lowest BCUT2D eigenvalue weighted by Gasteiger charge is -2.10. The second-order valence-electron chi connectivity index (χ2n) is 4.83. The minimum Gasteiger partial charge on any atom is -0.469 e. The molecular weight excluding hydrogens is 272 g/mol. The zero-order valence-corrected chi connectivity index (χ0v) is 12.4. The number of carbonyl (C=O) groups is 3. The first-order chi connectivity index (χ1) is 9.92. The Morgan fingerprint density at radius 3 is 2.52 bits per heavy atom. The second kappa shape index (κ2) is 8.04. The van der Waals surface area contributed by atoms with Gasteiger partial charge < -0.3 is 15.4 Å². The number of esters is 1.